The second-order valence-corrected chi connectivity index (χ2v) is 8.37. The second kappa shape index (κ2) is 9.27. The molecule has 4 heterocycles. The van der Waals surface area contributed by atoms with Gasteiger partial charge in [0.15, 0.2) is 11.3 Å². The van der Waals surface area contributed by atoms with E-state index in [4.69, 9.17) is 20.8 Å². The van der Waals surface area contributed by atoms with E-state index in [1.54, 1.807) is 6.07 Å². The van der Waals surface area contributed by atoms with E-state index in [1.165, 1.54) is 18.5 Å². The molecule has 5 rings (SSSR count). The normalized spacial score (nSPS) is 14.5. The third-order valence-corrected chi connectivity index (χ3v) is 6.09. The van der Waals surface area contributed by atoms with Gasteiger partial charge in [-0.15, -0.1) is 0 Å². The highest BCUT2D eigenvalue weighted by atomic mass is 35.5. The number of anilines is 1. The summed E-state index contributed by atoms with van der Waals surface area (Å²) in [6.07, 6.45) is -2.00. The van der Waals surface area contributed by atoms with E-state index < -0.39 is 23.3 Å². The predicted molar refractivity (Wildman–Crippen MR) is 124 cm³/mol. The van der Waals surface area contributed by atoms with Crippen LogP contribution in [0.5, 0.6) is 0 Å². The Kier molecular flexibility index (Phi) is 6.16. The Bertz CT molecular complexity index is 1360. The Hall–Kier alpha value is -3.50. The predicted octanol–water partition coefficient (Wildman–Crippen LogP) is 5.03. The molecule has 1 saturated heterocycles. The minimum Gasteiger partial charge on any atom is -0.464 e. The Balaban J connectivity index is 1.42. The summed E-state index contributed by atoms with van der Waals surface area (Å²) in [6.45, 7) is 3.00. The van der Waals surface area contributed by atoms with Crippen molar-refractivity contribution in [3.8, 4) is 11.3 Å². The van der Waals surface area contributed by atoms with Gasteiger partial charge in [-0.3, -0.25) is 9.20 Å². The number of fused-ring (bicyclic) bond motifs is 1. The zero-order valence-electron chi connectivity index (χ0n) is 18.3. The molecule has 1 N–H and O–H groups in total. The van der Waals surface area contributed by atoms with Gasteiger partial charge in [-0.2, -0.15) is 13.2 Å². The van der Waals surface area contributed by atoms with Crippen LogP contribution < -0.4 is 10.2 Å². The molecule has 4 aromatic rings. The number of imidazole rings is 1. The van der Waals surface area contributed by atoms with Crippen molar-refractivity contribution in [2.45, 2.75) is 12.7 Å². The number of hydrogen-bond donors (Lipinski definition) is 1. The van der Waals surface area contributed by atoms with Gasteiger partial charge >= 0.3 is 6.18 Å². The Morgan fingerprint density at radius 3 is 2.66 bits per heavy atom. The van der Waals surface area contributed by atoms with Gasteiger partial charge in [-0.1, -0.05) is 23.7 Å². The fourth-order valence-electron chi connectivity index (χ4n) is 4.00. The first-order valence-electron chi connectivity index (χ1n) is 10.8. The van der Waals surface area contributed by atoms with E-state index >= 15 is 0 Å². The monoisotopic (exact) mass is 504 g/mol. The number of furan rings is 1. The van der Waals surface area contributed by atoms with Crippen LogP contribution in [0.4, 0.5) is 18.9 Å². The Morgan fingerprint density at radius 2 is 1.94 bits per heavy atom. The number of pyridine rings is 1. The molecule has 0 radical (unpaired) electrons. The summed E-state index contributed by atoms with van der Waals surface area (Å²) in [6, 6.07) is 11.7. The number of morpholine rings is 1. The molecule has 35 heavy (non-hydrogen) atoms. The van der Waals surface area contributed by atoms with Gasteiger partial charge in [0, 0.05) is 37.1 Å². The number of aromatic nitrogens is 2. The number of nitrogens with one attached hydrogen (secondary N) is 1. The molecule has 0 spiro atoms. The SMILES string of the molecule is O=C(NCc1cccc(N2CCOCC2)c1)c1nc2c(C(F)(F)F)cc(-c3ccco3)cn2c1Cl. The lowest BCUT2D eigenvalue weighted by Gasteiger charge is -2.29. The van der Waals surface area contributed by atoms with Gasteiger partial charge in [0.25, 0.3) is 5.91 Å². The molecule has 0 bridgehead atoms. The maximum Gasteiger partial charge on any atom is 0.420 e. The molecule has 182 valence electrons. The van der Waals surface area contributed by atoms with Crippen LogP contribution in [0.2, 0.25) is 5.15 Å². The van der Waals surface area contributed by atoms with Gasteiger partial charge in [0.2, 0.25) is 0 Å². The highest BCUT2D eigenvalue weighted by Gasteiger charge is 2.36. The third kappa shape index (κ3) is 4.71. The Morgan fingerprint density at radius 1 is 1.14 bits per heavy atom. The van der Waals surface area contributed by atoms with Crippen LogP contribution in [0.1, 0.15) is 21.6 Å². The van der Waals surface area contributed by atoms with Crippen LogP contribution in [-0.2, 0) is 17.5 Å². The molecule has 0 unspecified atom stereocenters. The molecule has 0 saturated carbocycles. The molecule has 1 aliphatic rings. The molecule has 0 atom stereocenters. The van der Waals surface area contributed by atoms with Crippen molar-refractivity contribution < 1.29 is 27.1 Å². The summed E-state index contributed by atoms with van der Waals surface area (Å²) in [5.41, 5.74) is 0.214. The summed E-state index contributed by atoms with van der Waals surface area (Å²) >= 11 is 6.34. The number of carbonyl (C=O) groups excluding carboxylic acids is 1. The number of nitrogens with zero attached hydrogens (tertiary/aromatic N) is 3. The van der Waals surface area contributed by atoms with E-state index in [0.717, 1.165) is 34.8 Å². The molecular formula is C24H20ClF3N4O3. The molecular weight excluding hydrogens is 485 g/mol. The van der Waals surface area contributed by atoms with Crippen LogP contribution in [0.15, 0.2) is 59.3 Å². The van der Waals surface area contributed by atoms with E-state index in [2.05, 4.69) is 15.2 Å². The van der Waals surface area contributed by atoms with E-state index in [-0.39, 0.29) is 28.7 Å². The van der Waals surface area contributed by atoms with Crippen molar-refractivity contribution in [2.75, 3.05) is 31.2 Å². The van der Waals surface area contributed by atoms with Crippen molar-refractivity contribution in [3.05, 3.63) is 76.9 Å². The van der Waals surface area contributed by atoms with Gasteiger partial charge in [-0.05, 0) is 35.9 Å². The maximum atomic E-state index is 13.8. The zero-order chi connectivity index (χ0) is 24.6. The van der Waals surface area contributed by atoms with Gasteiger partial charge < -0.3 is 19.4 Å². The van der Waals surface area contributed by atoms with Crippen LogP contribution >= 0.6 is 11.6 Å². The lowest BCUT2D eigenvalue weighted by molar-refractivity contribution is -0.136. The van der Waals surface area contributed by atoms with Gasteiger partial charge in [-0.25, -0.2) is 4.98 Å². The molecule has 0 aliphatic carbocycles. The number of carbonyl (C=O) groups is 1. The molecule has 1 fully saturated rings. The van der Waals surface area contributed by atoms with Crippen LogP contribution in [0.25, 0.3) is 17.0 Å². The number of halogens is 4. The Labute approximate surface area is 203 Å². The van der Waals surface area contributed by atoms with Crippen molar-refractivity contribution in [3.63, 3.8) is 0 Å². The van der Waals surface area contributed by atoms with Crippen molar-refractivity contribution in [2.24, 2.45) is 0 Å². The zero-order valence-corrected chi connectivity index (χ0v) is 19.1. The van der Waals surface area contributed by atoms with Crippen LogP contribution in [-0.4, -0.2) is 41.6 Å². The number of amides is 1. The smallest absolute Gasteiger partial charge is 0.420 e. The number of benzene rings is 1. The van der Waals surface area contributed by atoms with E-state index in [0.29, 0.717) is 13.2 Å². The quantitative estimate of drug-likeness (QED) is 0.412. The molecule has 1 aromatic carbocycles. The fourth-order valence-corrected chi connectivity index (χ4v) is 4.26. The minimum atomic E-state index is -4.72. The summed E-state index contributed by atoms with van der Waals surface area (Å²) in [5, 5.41) is 2.48. The summed E-state index contributed by atoms with van der Waals surface area (Å²) in [5.74, 6) is -0.448. The van der Waals surface area contributed by atoms with Crippen molar-refractivity contribution in [1.29, 1.82) is 0 Å². The largest absolute Gasteiger partial charge is 0.464 e. The first-order chi connectivity index (χ1) is 16.8. The lowest BCUT2D eigenvalue weighted by Crippen LogP contribution is -2.36. The third-order valence-electron chi connectivity index (χ3n) is 5.73. The van der Waals surface area contributed by atoms with Gasteiger partial charge in [0.05, 0.1) is 25.0 Å². The van der Waals surface area contributed by atoms with Crippen molar-refractivity contribution in [1.82, 2.24) is 14.7 Å². The lowest BCUT2D eigenvalue weighted by atomic mass is 10.1. The summed E-state index contributed by atoms with van der Waals surface area (Å²) in [4.78, 5) is 19.0. The average molecular weight is 505 g/mol. The molecule has 1 amide bonds. The number of alkyl halides is 3. The van der Waals surface area contributed by atoms with E-state index in [1.807, 2.05) is 24.3 Å². The number of ether oxygens (including phenoxy) is 1. The maximum absolute atomic E-state index is 13.8. The number of rotatable bonds is 5. The van der Waals surface area contributed by atoms with Gasteiger partial charge in [0.1, 0.15) is 10.9 Å². The molecule has 11 heteroatoms. The number of hydrogen-bond acceptors (Lipinski definition) is 5. The van der Waals surface area contributed by atoms with E-state index in [9.17, 15) is 18.0 Å². The summed E-state index contributed by atoms with van der Waals surface area (Å²) in [7, 11) is 0. The first-order valence-corrected chi connectivity index (χ1v) is 11.2. The molecule has 3 aromatic heterocycles. The highest BCUT2D eigenvalue weighted by Crippen LogP contribution is 2.37. The van der Waals surface area contributed by atoms with Crippen LogP contribution in [0, 0.1) is 0 Å². The fraction of sp³-hybridized carbons (Fsp3) is 0.250. The highest BCUT2D eigenvalue weighted by molar-refractivity contribution is 6.33. The topological polar surface area (TPSA) is 72.0 Å². The average Bonchev–Trinajstić information content (AvgIpc) is 3.51. The standard InChI is InChI=1S/C24H20ClF3N4O3/c25-21-20(23(33)29-13-15-3-1-4-17(11-15)31-6-9-34-10-7-31)30-22-18(24(26,27)28)12-16(14-32(21)22)19-5-2-8-35-19/h1-5,8,11-12,14H,6-7,9-10,13H2,(H,29,33). The van der Waals surface area contributed by atoms with Crippen LogP contribution in [0.3, 0.4) is 0 Å². The van der Waals surface area contributed by atoms with Crippen molar-refractivity contribution >= 4 is 28.8 Å². The summed E-state index contributed by atoms with van der Waals surface area (Å²) < 4.78 is 53.1. The molecule has 1 aliphatic heterocycles. The molecule has 7 nitrogen and oxygen atoms in total. The minimum absolute atomic E-state index is 0.154. The second-order valence-electron chi connectivity index (χ2n) is 8.01. The first kappa shape index (κ1) is 23.3.